The maximum absolute atomic E-state index is 5.63. The second-order valence-corrected chi connectivity index (χ2v) is 3.58. The van der Waals surface area contributed by atoms with Gasteiger partial charge in [-0.05, 0) is 22.9 Å². The number of nitrogens with zero attached hydrogens (tertiary/aromatic N) is 2. The molecular formula is C7H10BrClN2. The highest BCUT2D eigenvalue weighted by Crippen LogP contribution is 2.20. The molecule has 1 aromatic rings. The van der Waals surface area contributed by atoms with Gasteiger partial charge in [-0.3, -0.25) is 4.68 Å². The van der Waals surface area contributed by atoms with Crippen molar-refractivity contribution in [2.45, 2.75) is 13.3 Å². The normalized spacial score (nSPS) is 10.5. The molecule has 1 rings (SSSR count). The Bertz CT molecular complexity index is 257. The Hall–Kier alpha value is -0.0200. The Kier molecular flexibility index (Phi) is 2.96. The zero-order chi connectivity index (χ0) is 8.43. The molecule has 0 aliphatic rings. The molecule has 62 valence electrons. The number of aromatic nitrogens is 2. The van der Waals surface area contributed by atoms with Crippen LogP contribution in [-0.2, 0) is 13.5 Å². The van der Waals surface area contributed by atoms with Crippen LogP contribution in [0.3, 0.4) is 0 Å². The third-order valence-electron chi connectivity index (χ3n) is 1.59. The zero-order valence-corrected chi connectivity index (χ0v) is 8.91. The van der Waals surface area contributed by atoms with E-state index in [-0.39, 0.29) is 0 Å². The van der Waals surface area contributed by atoms with E-state index in [1.807, 2.05) is 18.7 Å². The first-order valence-electron chi connectivity index (χ1n) is 3.40. The van der Waals surface area contributed by atoms with Crippen molar-refractivity contribution in [1.82, 2.24) is 9.78 Å². The van der Waals surface area contributed by atoms with Gasteiger partial charge in [-0.25, -0.2) is 0 Å². The second kappa shape index (κ2) is 3.59. The van der Waals surface area contributed by atoms with Crippen molar-refractivity contribution in [2.75, 3.05) is 5.88 Å². The van der Waals surface area contributed by atoms with Crippen LogP contribution >= 0.6 is 27.5 Å². The predicted octanol–water partition coefficient (Wildman–Crippen LogP) is 2.27. The van der Waals surface area contributed by atoms with Crippen molar-refractivity contribution in [2.24, 2.45) is 7.05 Å². The second-order valence-electron chi connectivity index (χ2n) is 2.41. The fourth-order valence-electron chi connectivity index (χ4n) is 1.04. The summed E-state index contributed by atoms with van der Waals surface area (Å²) in [6, 6.07) is 0. The molecule has 0 aromatic carbocycles. The van der Waals surface area contributed by atoms with Crippen LogP contribution in [0, 0.1) is 6.92 Å². The Morgan fingerprint density at radius 3 is 2.64 bits per heavy atom. The summed E-state index contributed by atoms with van der Waals surface area (Å²) in [4.78, 5) is 0. The highest BCUT2D eigenvalue weighted by molar-refractivity contribution is 9.10. The maximum Gasteiger partial charge on any atom is 0.0738 e. The molecule has 0 amide bonds. The SMILES string of the molecule is Cc1nn(C)c(CCCl)c1Br. The van der Waals surface area contributed by atoms with Crippen molar-refractivity contribution in [1.29, 1.82) is 0 Å². The van der Waals surface area contributed by atoms with Crippen LogP contribution in [0.2, 0.25) is 0 Å². The highest BCUT2D eigenvalue weighted by atomic mass is 79.9. The van der Waals surface area contributed by atoms with Crippen molar-refractivity contribution < 1.29 is 0 Å². The minimum Gasteiger partial charge on any atom is -0.271 e. The summed E-state index contributed by atoms with van der Waals surface area (Å²) in [5, 5.41) is 4.24. The number of halogens is 2. The standard InChI is InChI=1S/C7H10BrClN2/c1-5-7(8)6(3-4-9)11(2)10-5/h3-4H2,1-2H3. The van der Waals surface area contributed by atoms with Gasteiger partial charge in [0.2, 0.25) is 0 Å². The van der Waals surface area contributed by atoms with Gasteiger partial charge in [-0.2, -0.15) is 5.10 Å². The van der Waals surface area contributed by atoms with Gasteiger partial charge in [0, 0.05) is 19.3 Å². The van der Waals surface area contributed by atoms with E-state index in [1.165, 1.54) is 0 Å². The van der Waals surface area contributed by atoms with Gasteiger partial charge in [-0.15, -0.1) is 11.6 Å². The Labute approximate surface area is 79.7 Å². The summed E-state index contributed by atoms with van der Waals surface area (Å²) in [5.41, 5.74) is 2.19. The molecule has 0 N–H and O–H groups in total. The number of hydrogen-bond donors (Lipinski definition) is 0. The van der Waals surface area contributed by atoms with Gasteiger partial charge >= 0.3 is 0 Å². The van der Waals surface area contributed by atoms with Crippen LogP contribution in [0.15, 0.2) is 4.47 Å². The van der Waals surface area contributed by atoms with E-state index in [1.54, 1.807) is 0 Å². The van der Waals surface area contributed by atoms with Crippen molar-refractivity contribution in [3.63, 3.8) is 0 Å². The lowest BCUT2D eigenvalue weighted by Gasteiger charge is -1.97. The molecule has 0 radical (unpaired) electrons. The van der Waals surface area contributed by atoms with Crippen LogP contribution in [-0.4, -0.2) is 15.7 Å². The summed E-state index contributed by atoms with van der Waals surface area (Å²) >= 11 is 9.09. The molecule has 0 saturated heterocycles. The zero-order valence-electron chi connectivity index (χ0n) is 6.56. The Balaban J connectivity index is 3.02. The molecule has 0 aliphatic heterocycles. The molecule has 11 heavy (non-hydrogen) atoms. The third-order valence-corrected chi connectivity index (χ3v) is 2.81. The Morgan fingerprint density at radius 2 is 2.27 bits per heavy atom. The molecule has 0 unspecified atom stereocenters. The molecule has 1 heterocycles. The van der Waals surface area contributed by atoms with E-state index < -0.39 is 0 Å². The fraction of sp³-hybridized carbons (Fsp3) is 0.571. The average Bonchev–Trinajstić information content (AvgIpc) is 2.17. The summed E-state index contributed by atoms with van der Waals surface area (Å²) in [5.74, 6) is 0.636. The molecule has 2 nitrogen and oxygen atoms in total. The average molecular weight is 238 g/mol. The molecule has 1 aromatic heterocycles. The minimum absolute atomic E-state index is 0.636. The van der Waals surface area contributed by atoms with E-state index in [0.29, 0.717) is 5.88 Å². The third kappa shape index (κ3) is 1.76. The topological polar surface area (TPSA) is 17.8 Å². The number of hydrogen-bond acceptors (Lipinski definition) is 1. The largest absolute Gasteiger partial charge is 0.271 e. The van der Waals surface area contributed by atoms with E-state index in [2.05, 4.69) is 21.0 Å². The highest BCUT2D eigenvalue weighted by Gasteiger charge is 2.08. The maximum atomic E-state index is 5.63. The lowest BCUT2D eigenvalue weighted by Crippen LogP contribution is -1.98. The van der Waals surface area contributed by atoms with E-state index in [0.717, 1.165) is 22.3 Å². The molecule has 0 aliphatic carbocycles. The van der Waals surface area contributed by atoms with Crippen molar-refractivity contribution in [3.8, 4) is 0 Å². The van der Waals surface area contributed by atoms with Gasteiger partial charge in [0.25, 0.3) is 0 Å². The molecule has 0 bridgehead atoms. The summed E-state index contributed by atoms with van der Waals surface area (Å²) < 4.78 is 2.95. The first-order chi connectivity index (χ1) is 5.16. The first kappa shape index (κ1) is 9.07. The summed E-state index contributed by atoms with van der Waals surface area (Å²) in [6.45, 7) is 1.97. The van der Waals surface area contributed by atoms with Gasteiger partial charge in [-0.1, -0.05) is 0 Å². The van der Waals surface area contributed by atoms with Crippen molar-refractivity contribution >= 4 is 27.5 Å². The fourth-order valence-corrected chi connectivity index (χ4v) is 1.75. The Morgan fingerprint density at radius 1 is 1.64 bits per heavy atom. The van der Waals surface area contributed by atoms with Crippen LogP contribution in [0.25, 0.3) is 0 Å². The molecule has 0 atom stereocenters. The van der Waals surface area contributed by atoms with E-state index >= 15 is 0 Å². The molecule has 0 fully saturated rings. The number of aryl methyl sites for hydroxylation is 2. The first-order valence-corrected chi connectivity index (χ1v) is 4.73. The predicted molar refractivity (Wildman–Crippen MR) is 50.1 cm³/mol. The van der Waals surface area contributed by atoms with Gasteiger partial charge in [0.15, 0.2) is 0 Å². The van der Waals surface area contributed by atoms with Gasteiger partial charge < -0.3 is 0 Å². The van der Waals surface area contributed by atoms with Crippen molar-refractivity contribution in [3.05, 3.63) is 15.9 Å². The van der Waals surface area contributed by atoms with Gasteiger partial charge in [0.1, 0.15) is 0 Å². The molecule has 0 spiro atoms. The number of alkyl halides is 1. The quantitative estimate of drug-likeness (QED) is 0.722. The van der Waals surface area contributed by atoms with Gasteiger partial charge in [0.05, 0.1) is 15.9 Å². The molecular weight excluding hydrogens is 227 g/mol. The van der Waals surface area contributed by atoms with Crippen LogP contribution in [0.1, 0.15) is 11.4 Å². The lowest BCUT2D eigenvalue weighted by atomic mass is 10.3. The number of rotatable bonds is 2. The van der Waals surface area contributed by atoms with Crippen LogP contribution < -0.4 is 0 Å². The molecule has 0 saturated carbocycles. The monoisotopic (exact) mass is 236 g/mol. The lowest BCUT2D eigenvalue weighted by molar-refractivity contribution is 0.711. The van der Waals surface area contributed by atoms with E-state index in [4.69, 9.17) is 11.6 Å². The van der Waals surface area contributed by atoms with Crippen LogP contribution in [0.5, 0.6) is 0 Å². The minimum atomic E-state index is 0.636. The summed E-state index contributed by atoms with van der Waals surface area (Å²) in [6.07, 6.45) is 0.861. The molecule has 4 heteroatoms. The van der Waals surface area contributed by atoms with Crippen LogP contribution in [0.4, 0.5) is 0 Å². The van der Waals surface area contributed by atoms with E-state index in [9.17, 15) is 0 Å². The summed E-state index contributed by atoms with van der Waals surface area (Å²) in [7, 11) is 1.93. The smallest absolute Gasteiger partial charge is 0.0738 e.